The molecule has 0 aliphatic carbocycles. The first-order valence-electron chi connectivity index (χ1n) is 7.87. The van der Waals surface area contributed by atoms with Crippen molar-refractivity contribution in [1.82, 2.24) is 10.6 Å². The lowest BCUT2D eigenvalue weighted by atomic mass is 9.75. The maximum Gasteiger partial charge on any atom is 0.475 e. The highest BCUT2D eigenvalue weighted by molar-refractivity contribution is 6.43. The largest absolute Gasteiger partial charge is 0.497 e. The summed E-state index contributed by atoms with van der Waals surface area (Å²) in [5, 5.41) is 23.6. The van der Waals surface area contributed by atoms with Gasteiger partial charge in [0.1, 0.15) is 5.75 Å². The molecule has 7 nitrogen and oxygen atoms in total. The molecular weight excluding hydrogens is 311 g/mol. The summed E-state index contributed by atoms with van der Waals surface area (Å²) in [7, 11) is -0.0870. The van der Waals surface area contributed by atoms with Crippen LogP contribution < -0.4 is 15.4 Å². The van der Waals surface area contributed by atoms with Gasteiger partial charge in [-0.15, -0.1) is 0 Å². The Morgan fingerprint density at radius 3 is 2.54 bits per heavy atom. The lowest BCUT2D eigenvalue weighted by Crippen LogP contribution is -2.50. The predicted molar refractivity (Wildman–Crippen MR) is 91.3 cm³/mol. The second kappa shape index (κ2) is 9.94. The molecule has 0 unspecified atom stereocenters. The number of ether oxygens (including phenoxy) is 1. The molecule has 0 aliphatic rings. The van der Waals surface area contributed by atoms with E-state index in [0.717, 1.165) is 5.56 Å². The van der Waals surface area contributed by atoms with Crippen LogP contribution in [0.4, 0.5) is 0 Å². The van der Waals surface area contributed by atoms with Gasteiger partial charge >= 0.3 is 7.12 Å². The summed E-state index contributed by atoms with van der Waals surface area (Å²) in [6, 6.07) is 7.11. The molecule has 1 aromatic carbocycles. The number of rotatable bonds is 9. The Hall–Kier alpha value is -2.06. The summed E-state index contributed by atoms with van der Waals surface area (Å²) in [5.74, 6) is -0.671. The van der Waals surface area contributed by atoms with Gasteiger partial charge in [-0.25, -0.2) is 0 Å². The summed E-state index contributed by atoms with van der Waals surface area (Å²) in [6.07, 6.45) is 0.559. The SMILES string of the molecule is COc1cccc(CC(=O)NCC(=O)N[C@@H](CC(C)C)B(O)O)c1. The minimum atomic E-state index is -1.64. The Morgan fingerprint density at radius 2 is 1.96 bits per heavy atom. The van der Waals surface area contributed by atoms with Crippen molar-refractivity contribution < 1.29 is 24.4 Å². The van der Waals surface area contributed by atoms with Crippen molar-refractivity contribution in [3.63, 3.8) is 0 Å². The van der Waals surface area contributed by atoms with Crippen molar-refractivity contribution in [2.75, 3.05) is 13.7 Å². The molecule has 8 heteroatoms. The van der Waals surface area contributed by atoms with Gasteiger partial charge < -0.3 is 25.4 Å². The molecule has 0 bridgehead atoms. The fourth-order valence-electron chi connectivity index (χ4n) is 2.23. The molecule has 0 heterocycles. The molecular formula is C16H25BN2O5. The number of nitrogens with one attached hydrogen (secondary N) is 2. The zero-order valence-corrected chi connectivity index (χ0v) is 14.3. The Balaban J connectivity index is 2.43. The molecule has 0 fully saturated rings. The van der Waals surface area contributed by atoms with Crippen LogP contribution in [0.15, 0.2) is 24.3 Å². The standard InChI is InChI=1S/C16H25BN2O5/c1-11(2)7-14(17(22)23)19-16(21)10-18-15(20)9-12-5-4-6-13(8-12)24-3/h4-6,8,11,14,22-23H,7,9-10H2,1-3H3,(H,18,20)(H,19,21)/t14-/m0/s1. The molecule has 4 N–H and O–H groups in total. The van der Waals surface area contributed by atoms with Crippen LogP contribution in [0.5, 0.6) is 5.75 Å². The number of hydrogen-bond acceptors (Lipinski definition) is 5. The van der Waals surface area contributed by atoms with Gasteiger partial charge in [-0.05, 0) is 30.0 Å². The van der Waals surface area contributed by atoms with Crippen molar-refractivity contribution in [2.45, 2.75) is 32.6 Å². The highest BCUT2D eigenvalue weighted by Crippen LogP contribution is 2.12. The highest BCUT2D eigenvalue weighted by atomic mass is 16.5. The Morgan fingerprint density at radius 1 is 1.25 bits per heavy atom. The molecule has 24 heavy (non-hydrogen) atoms. The Kier molecular flexibility index (Phi) is 8.28. The molecule has 0 saturated heterocycles. The quantitative estimate of drug-likeness (QED) is 0.471. The average Bonchev–Trinajstić information content (AvgIpc) is 2.52. The number of carbonyl (C=O) groups is 2. The van der Waals surface area contributed by atoms with Crippen molar-refractivity contribution in [2.24, 2.45) is 5.92 Å². The summed E-state index contributed by atoms with van der Waals surface area (Å²) in [6.45, 7) is 3.61. The third-order valence-corrected chi connectivity index (χ3v) is 3.38. The molecule has 1 aromatic rings. The Bertz CT molecular complexity index is 551. The molecule has 0 aromatic heterocycles. The smallest absolute Gasteiger partial charge is 0.475 e. The first-order chi connectivity index (χ1) is 11.3. The zero-order chi connectivity index (χ0) is 18.1. The molecule has 0 saturated carbocycles. The van der Waals surface area contributed by atoms with Crippen molar-refractivity contribution >= 4 is 18.9 Å². The van der Waals surface area contributed by atoms with E-state index in [1.165, 1.54) is 0 Å². The van der Waals surface area contributed by atoms with Crippen molar-refractivity contribution in [1.29, 1.82) is 0 Å². The Labute approximate surface area is 142 Å². The number of carbonyl (C=O) groups excluding carboxylic acids is 2. The number of hydrogen-bond donors (Lipinski definition) is 4. The van der Waals surface area contributed by atoms with Gasteiger partial charge in [-0.1, -0.05) is 26.0 Å². The lowest BCUT2D eigenvalue weighted by molar-refractivity contribution is -0.126. The zero-order valence-electron chi connectivity index (χ0n) is 14.3. The third-order valence-electron chi connectivity index (χ3n) is 3.38. The normalized spacial score (nSPS) is 11.8. The lowest BCUT2D eigenvalue weighted by Gasteiger charge is -2.19. The summed E-state index contributed by atoms with van der Waals surface area (Å²) < 4.78 is 5.09. The average molecular weight is 336 g/mol. The maximum absolute atomic E-state index is 11.9. The van der Waals surface area contributed by atoms with Crippen LogP contribution >= 0.6 is 0 Å². The molecule has 1 atom stereocenters. The van der Waals surface area contributed by atoms with Crippen molar-refractivity contribution in [3.8, 4) is 5.75 Å². The summed E-state index contributed by atoms with van der Waals surface area (Å²) >= 11 is 0. The fraction of sp³-hybridized carbons (Fsp3) is 0.500. The second-order valence-electron chi connectivity index (χ2n) is 6.02. The first kappa shape index (κ1) is 20.0. The van der Waals surface area contributed by atoms with Gasteiger partial charge in [0.25, 0.3) is 0 Å². The van der Waals surface area contributed by atoms with Crippen LogP contribution in [0, 0.1) is 5.92 Å². The van der Waals surface area contributed by atoms with E-state index in [4.69, 9.17) is 4.74 Å². The maximum atomic E-state index is 11.9. The summed E-state index contributed by atoms with van der Waals surface area (Å²) in [4.78, 5) is 23.7. The van der Waals surface area contributed by atoms with Gasteiger partial charge in [0.05, 0.1) is 26.0 Å². The van der Waals surface area contributed by atoms with E-state index in [1.54, 1.807) is 31.4 Å². The van der Waals surface area contributed by atoms with Crippen LogP contribution in [-0.2, 0) is 16.0 Å². The minimum absolute atomic E-state index is 0.128. The minimum Gasteiger partial charge on any atom is -0.497 e. The highest BCUT2D eigenvalue weighted by Gasteiger charge is 2.25. The van der Waals surface area contributed by atoms with E-state index in [2.05, 4.69) is 10.6 Å². The van der Waals surface area contributed by atoms with Gasteiger partial charge in [0.15, 0.2) is 0 Å². The first-order valence-corrected chi connectivity index (χ1v) is 7.87. The molecule has 132 valence electrons. The van der Waals surface area contributed by atoms with E-state index >= 15 is 0 Å². The van der Waals surface area contributed by atoms with E-state index in [-0.39, 0.29) is 24.8 Å². The second-order valence-corrected chi connectivity index (χ2v) is 6.02. The van der Waals surface area contributed by atoms with Crippen LogP contribution in [0.3, 0.4) is 0 Å². The van der Waals surface area contributed by atoms with E-state index in [1.807, 2.05) is 13.8 Å². The topological polar surface area (TPSA) is 108 Å². The summed E-state index contributed by atoms with van der Waals surface area (Å²) in [5.41, 5.74) is 0.774. The fourth-order valence-corrected chi connectivity index (χ4v) is 2.23. The monoisotopic (exact) mass is 336 g/mol. The number of amides is 2. The van der Waals surface area contributed by atoms with Gasteiger partial charge in [0, 0.05) is 0 Å². The molecule has 0 spiro atoms. The van der Waals surface area contributed by atoms with Gasteiger partial charge in [-0.2, -0.15) is 0 Å². The van der Waals surface area contributed by atoms with E-state index in [0.29, 0.717) is 12.2 Å². The van der Waals surface area contributed by atoms with Crippen LogP contribution in [0.2, 0.25) is 0 Å². The number of benzene rings is 1. The van der Waals surface area contributed by atoms with Gasteiger partial charge in [-0.3, -0.25) is 9.59 Å². The number of methoxy groups -OCH3 is 1. The third kappa shape index (κ3) is 7.48. The van der Waals surface area contributed by atoms with Gasteiger partial charge in [0.2, 0.25) is 11.8 Å². The van der Waals surface area contributed by atoms with E-state index in [9.17, 15) is 19.6 Å². The van der Waals surface area contributed by atoms with Crippen LogP contribution in [0.1, 0.15) is 25.8 Å². The molecule has 1 rings (SSSR count). The van der Waals surface area contributed by atoms with Crippen LogP contribution in [-0.4, -0.2) is 48.6 Å². The predicted octanol–water partition coefficient (Wildman–Crippen LogP) is -0.103. The van der Waals surface area contributed by atoms with Crippen molar-refractivity contribution in [3.05, 3.63) is 29.8 Å². The van der Waals surface area contributed by atoms with Crippen LogP contribution in [0.25, 0.3) is 0 Å². The molecule has 0 radical (unpaired) electrons. The molecule has 2 amide bonds. The van der Waals surface area contributed by atoms with E-state index < -0.39 is 19.0 Å². The molecule has 0 aliphatic heterocycles.